The quantitative estimate of drug-likeness (QED) is 0.428. The van der Waals surface area contributed by atoms with Crippen LogP contribution in [-0.4, -0.2) is 75.0 Å². The zero-order valence-electron chi connectivity index (χ0n) is 11.8. The largest absolute Gasteiger partial charge is 0.390 e. The first-order valence-corrected chi connectivity index (χ1v) is 6.81. The summed E-state index contributed by atoms with van der Waals surface area (Å²) in [5, 5.41) is 24.5. The molecule has 2 rings (SSSR count). The topological polar surface area (TPSA) is 87.7 Å². The van der Waals surface area contributed by atoms with Crippen molar-refractivity contribution < 1.29 is 10.0 Å². The van der Waals surface area contributed by atoms with Gasteiger partial charge in [-0.15, -0.1) is 6.42 Å². The monoisotopic (exact) mass is 293 g/mol. The van der Waals surface area contributed by atoms with Crippen LogP contribution in [0.4, 0.5) is 5.69 Å². The molecule has 8 nitrogen and oxygen atoms in total. The molecule has 1 aliphatic rings. The smallest absolute Gasteiger partial charge is 0.306 e. The fourth-order valence-corrected chi connectivity index (χ4v) is 2.38. The number of piperazine rings is 1. The van der Waals surface area contributed by atoms with Crippen molar-refractivity contribution in [3.05, 3.63) is 22.5 Å². The summed E-state index contributed by atoms with van der Waals surface area (Å²) in [5.74, 6) is 2.63. The molecule has 2 heterocycles. The van der Waals surface area contributed by atoms with Crippen molar-refractivity contribution in [1.82, 2.24) is 19.6 Å². The van der Waals surface area contributed by atoms with Crippen LogP contribution >= 0.6 is 0 Å². The molecule has 1 N–H and O–H groups in total. The lowest BCUT2D eigenvalue weighted by atomic mass is 10.2. The van der Waals surface area contributed by atoms with Crippen LogP contribution < -0.4 is 0 Å². The summed E-state index contributed by atoms with van der Waals surface area (Å²) in [6.45, 7) is 4.94. The number of hydrogen-bond donors (Lipinski definition) is 1. The maximum Gasteiger partial charge on any atom is 0.306 e. The summed E-state index contributed by atoms with van der Waals surface area (Å²) < 4.78 is 1.40. The van der Waals surface area contributed by atoms with E-state index >= 15 is 0 Å². The average molecular weight is 293 g/mol. The second kappa shape index (κ2) is 7.17. The number of aliphatic hydroxyl groups is 1. The molecule has 1 saturated heterocycles. The van der Waals surface area contributed by atoms with E-state index < -0.39 is 11.0 Å². The van der Waals surface area contributed by atoms with Crippen LogP contribution in [0.5, 0.6) is 0 Å². The molecule has 0 amide bonds. The Morgan fingerprint density at radius 2 is 2.05 bits per heavy atom. The highest BCUT2D eigenvalue weighted by Gasteiger charge is 2.19. The maximum absolute atomic E-state index is 10.6. The molecule has 1 aromatic heterocycles. The van der Waals surface area contributed by atoms with E-state index in [1.54, 1.807) is 0 Å². The Hall–Kier alpha value is -1.95. The predicted octanol–water partition coefficient (Wildman–Crippen LogP) is -0.597. The number of aromatic nitrogens is 2. The zero-order valence-corrected chi connectivity index (χ0v) is 11.8. The predicted molar refractivity (Wildman–Crippen MR) is 76.6 cm³/mol. The molecule has 0 aromatic carbocycles. The van der Waals surface area contributed by atoms with Crippen molar-refractivity contribution in [3.63, 3.8) is 0 Å². The number of aliphatic hydroxyl groups excluding tert-OH is 1. The maximum atomic E-state index is 10.6. The first-order chi connectivity index (χ1) is 10.1. The van der Waals surface area contributed by atoms with Gasteiger partial charge in [-0.05, 0) is 0 Å². The van der Waals surface area contributed by atoms with Crippen LogP contribution in [0.3, 0.4) is 0 Å². The summed E-state index contributed by atoms with van der Waals surface area (Å²) >= 11 is 0. The summed E-state index contributed by atoms with van der Waals surface area (Å²) in [5.41, 5.74) is -0.0647. The first-order valence-electron chi connectivity index (χ1n) is 6.81. The Bertz CT molecular complexity index is 516. The Morgan fingerprint density at radius 1 is 1.38 bits per heavy atom. The third kappa shape index (κ3) is 4.53. The lowest BCUT2D eigenvalue weighted by Gasteiger charge is -2.34. The molecule has 8 heteroatoms. The van der Waals surface area contributed by atoms with E-state index in [4.69, 9.17) is 6.42 Å². The highest BCUT2D eigenvalue weighted by atomic mass is 16.6. The van der Waals surface area contributed by atoms with Crippen LogP contribution in [0.15, 0.2) is 12.4 Å². The van der Waals surface area contributed by atoms with E-state index in [2.05, 4.69) is 20.8 Å². The van der Waals surface area contributed by atoms with E-state index in [-0.39, 0.29) is 12.2 Å². The number of terminal acetylenes is 1. The summed E-state index contributed by atoms with van der Waals surface area (Å²) in [4.78, 5) is 14.4. The highest BCUT2D eigenvalue weighted by Crippen LogP contribution is 2.09. The fraction of sp³-hybridized carbons (Fsp3) is 0.615. The average Bonchev–Trinajstić information content (AvgIpc) is 2.90. The SMILES string of the molecule is C#CCN1CCN(CC(O)Cn2cc([N+](=O)[O-])cn2)CC1. The standard InChI is InChI=1S/C13H19N5O3/c1-2-3-15-4-6-16(7-5-15)10-13(19)11-17-9-12(8-14-17)18(20)21/h1,8-9,13,19H,3-7,10-11H2. The van der Waals surface area contributed by atoms with Crippen LogP contribution in [0, 0.1) is 22.5 Å². The molecule has 1 aliphatic heterocycles. The molecule has 114 valence electrons. The summed E-state index contributed by atoms with van der Waals surface area (Å²) in [6, 6.07) is 0. The minimum atomic E-state index is -0.608. The Balaban J connectivity index is 1.76. The van der Waals surface area contributed by atoms with E-state index in [1.807, 2.05) is 0 Å². The van der Waals surface area contributed by atoms with Crippen molar-refractivity contribution in [2.24, 2.45) is 0 Å². The first kappa shape index (κ1) is 15.4. The minimum Gasteiger partial charge on any atom is -0.390 e. The van der Waals surface area contributed by atoms with Gasteiger partial charge in [0.25, 0.3) is 0 Å². The van der Waals surface area contributed by atoms with Gasteiger partial charge in [0.2, 0.25) is 0 Å². The van der Waals surface area contributed by atoms with Gasteiger partial charge in [-0.1, -0.05) is 5.92 Å². The Kier molecular flexibility index (Phi) is 5.27. The van der Waals surface area contributed by atoms with Crippen molar-refractivity contribution in [2.45, 2.75) is 12.6 Å². The van der Waals surface area contributed by atoms with Gasteiger partial charge in [-0.2, -0.15) is 5.10 Å². The third-order valence-corrected chi connectivity index (χ3v) is 3.48. The van der Waals surface area contributed by atoms with Gasteiger partial charge in [-0.25, -0.2) is 0 Å². The number of β-amino-alcohol motifs (C(OH)–C–C–N with tert-alkyl or cyclic N) is 1. The molecule has 1 atom stereocenters. The molecule has 0 saturated carbocycles. The van der Waals surface area contributed by atoms with Gasteiger partial charge in [0.1, 0.15) is 12.4 Å². The van der Waals surface area contributed by atoms with Gasteiger partial charge in [0, 0.05) is 32.7 Å². The van der Waals surface area contributed by atoms with Gasteiger partial charge in [-0.3, -0.25) is 24.6 Å². The van der Waals surface area contributed by atoms with Crippen LogP contribution in [0.1, 0.15) is 0 Å². The molecule has 0 bridgehead atoms. The lowest BCUT2D eigenvalue weighted by molar-refractivity contribution is -0.385. The van der Waals surface area contributed by atoms with Crippen LogP contribution in [0.25, 0.3) is 0 Å². The Morgan fingerprint density at radius 3 is 2.62 bits per heavy atom. The second-order valence-corrected chi connectivity index (χ2v) is 5.11. The highest BCUT2D eigenvalue weighted by molar-refractivity contribution is 5.20. The molecule has 0 aliphatic carbocycles. The number of nitro groups is 1. The van der Waals surface area contributed by atoms with E-state index in [0.29, 0.717) is 13.1 Å². The molecule has 1 unspecified atom stereocenters. The van der Waals surface area contributed by atoms with Gasteiger partial charge >= 0.3 is 5.69 Å². The molecular weight excluding hydrogens is 274 g/mol. The van der Waals surface area contributed by atoms with Crippen molar-refractivity contribution >= 4 is 5.69 Å². The minimum absolute atomic E-state index is 0.0647. The van der Waals surface area contributed by atoms with E-state index in [9.17, 15) is 15.2 Å². The van der Waals surface area contributed by atoms with Crippen LogP contribution in [-0.2, 0) is 6.54 Å². The number of hydrogen-bond acceptors (Lipinski definition) is 6. The molecule has 0 spiro atoms. The van der Waals surface area contributed by atoms with Gasteiger partial charge in [0.15, 0.2) is 0 Å². The number of nitrogens with zero attached hydrogens (tertiary/aromatic N) is 5. The second-order valence-electron chi connectivity index (χ2n) is 5.11. The lowest BCUT2D eigenvalue weighted by Crippen LogP contribution is -2.48. The molecule has 0 radical (unpaired) electrons. The van der Waals surface area contributed by atoms with E-state index in [0.717, 1.165) is 26.2 Å². The van der Waals surface area contributed by atoms with Gasteiger partial charge in [0.05, 0.1) is 24.1 Å². The van der Waals surface area contributed by atoms with Crippen LogP contribution in [0.2, 0.25) is 0 Å². The molecule has 1 aromatic rings. The zero-order chi connectivity index (χ0) is 15.2. The normalized spacial score (nSPS) is 18.3. The third-order valence-electron chi connectivity index (χ3n) is 3.48. The van der Waals surface area contributed by atoms with E-state index in [1.165, 1.54) is 17.1 Å². The molecule has 1 fully saturated rings. The molecule has 21 heavy (non-hydrogen) atoms. The fourth-order valence-electron chi connectivity index (χ4n) is 2.38. The Labute approximate surface area is 123 Å². The molecular formula is C13H19N5O3. The summed E-state index contributed by atoms with van der Waals surface area (Å²) in [6.07, 6.45) is 7.19. The number of rotatable bonds is 6. The summed E-state index contributed by atoms with van der Waals surface area (Å²) in [7, 11) is 0. The van der Waals surface area contributed by atoms with Crippen molar-refractivity contribution in [1.29, 1.82) is 0 Å². The van der Waals surface area contributed by atoms with Crippen molar-refractivity contribution in [2.75, 3.05) is 39.3 Å². The van der Waals surface area contributed by atoms with Gasteiger partial charge < -0.3 is 5.11 Å². The van der Waals surface area contributed by atoms with Crippen molar-refractivity contribution in [3.8, 4) is 12.3 Å².